The molecule has 0 fully saturated rings. The molecule has 0 saturated heterocycles. The van der Waals surface area contributed by atoms with Crippen LogP contribution in [0.25, 0.3) is 0 Å². The van der Waals surface area contributed by atoms with Gasteiger partial charge in [-0.15, -0.1) is 0 Å². The van der Waals surface area contributed by atoms with E-state index in [1.165, 1.54) is 0 Å². The highest BCUT2D eigenvalue weighted by molar-refractivity contribution is 5.94. The van der Waals surface area contributed by atoms with Crippen molar-refractivity contribution in [2.45, 2.75) is 12.5 Å². The summed E-state index contributed by atoms with van der Waals surface area (Å²) in [4.78, 5) is 31.3. The first kappa shape index (κ1) is 6.84. The molecule has 13 heavy (non-hydrogen) atoms. The first-order chi connectivity index (χ1) is 6.99. The van der Waals surface area contributed by atoms with E-state index in [2.05, 4.69) is 0 Å². The second-order valence-corrected chi connectivity index (χ2v) is 1.85. The molecule has 7 nitrogen and oxygen atoms in total. The lowest BCUT2D eigenvalue weighted by Gasteiger charge is -2.12. The van der Waals surface area contributed by atoms with Crippen LogP contribution in [-0.4, -0.2) is 44.4 Å². The molecule has 0 heterocycles. The minimum atomic E-state index is -3.86. The van der Waals surface area contributed by atoms with Gasteiger partial charge in [0.2, 0.25) is 0 Å². The molecular weight excluding hydrogens is 184 g/mol. The van der Waals surface area contributed by atoms with E-state index >= 15 is 0 Å². The monoisotopic (exact) mass is 195 g/mol. The highest BCUT2D eigenvalue weighted by Gasteiger charge is 2.34. The van der Waals surface area contributed by atoms with E-state index in [-0.39, 0.29) is 0 Å². The molecule has 0 spiro atoms. The van der Waals surface area contributed by atoms with Gasteiger partial charge in [-0.05, 0) is 0 Å². The topological polar surface area (TPSA) is 132 Å². The maximum atomic E-state index is 10.5. The number of rotatable bonds is 5. The van der Waals surface area contributed by atoms with Gasteiger partial charge in [0.05, 0.1) is 15.2 Å². The molecule has 0 aromatic carbocycles. The molecule has 74 valence electrons. The zero-order valence-corrected chi connectivity index (χ0v) is 6.09. The van der Waals surface area contributed by atoms with Crippen molar-refractivity contribution in [1.82, 2.24) is 0 Å². The van der Waals surface area contributed by atoms with Crippen molar-refractivity contribution >= 4 is 17.9 Å². The van der Waals surface area contributed by atoms with Gasteiger partial charge in [0.1, 0.15) is 0 Å². The summed E-state index contributed by atoms with van der Waals surface area (Å²) in [6, 6.07) is 0. The fraction of sp³-hybridized carbons (Fsp3) is 0.500. The SMILES string of the molecule is [2H]C(C(=O)O)C([2H])(O)C([2H])(C(=O)O)C(=O)O. The lowest BCUT2D eigenvalue weighted by atomic mass is 10.0. The second-order valence-electron chi connectivity index (χ2n) is 1.85. The van der Waals surface area contributed by atoms with Gasteiger partial charge in [-0.25, -0.2) is 0 Å². The Morgan fingerprint density at radius 2 is 1.62 bits per heavy atom. The van der Waals surface area contributed by atoms with E-state index in [0.29, 0.717) is 0 Å². The van der Waals surface area contributed by atoms with Crippen molar-refractivity contribution in [3.05, 3.63) is 0 Å². The Labute approximate surface area is 76.4 Å². The Hall–Kier alpha value is -1.63. The molecule has 7 heteroatoms. The maximum absolute atomic E-state index is 10.5. The number of carboxylic acids is 3. The summed E-state index contributed by atoms with van der Waals surface area (Å²) in [7, 11) is 0. The molecule has 0 aliphatic rings. The van der Waals surface area contributed by atoms with Gasteiger partial charge < -0.3 is 20.4 Å². The van der Waals surface area contributed by atoms with Crippen molar-refractivity contribution in [2.75, 3.05) is 0 Å². The van der Waals surface area contributed by atoms with Crippen LogP contribution in [0.2, 0.25) is 0 Å². The molecule has 0 bridgehead atoms. The van der Waals surface area contributed by atoms with E-state index in [1.54, 1.807) is 0 Å². The van der Waals surface area contributed by atoms with E-state index in [0.717, 1.165) is 0 Å². The third-order valence-corrected chi connectivity index (χ3v) is 0.944. The van der Waals surface area contributed by atoms with Crippen LogP contribution < -0.4 is 0 Å². The summed E-state index contributed by atoms with van der Waals surface area (Å²) in [6.07, 6.45) is -6.64. The fourth-order valence-corrected chi connectivity index (χ4v) is 0.500. The lowest BCUT2D eigenvalue weighted by Crippen LogP contribution is -2.36. The molecule has 0 radical (unpaired) electrons. The van der Waals surface area contributed by atoms with Crippen LogP contribution in [0.4, 0.5) is 0 Å². The molecule has 0 saturated carbocycles. The van der Waals surface area contributed by atoms with Crippen molar-refractivity contribution in [2.24, 2.45) is 5.89 Å². The zero-order chi connectivity index (χ0) is 13.3. The minimum Gasteiger partial charge on any atom is -0.481 e. The Kier molecular flexibility index (Phi) is 2.32. The van der Waals surface area contributed by atoms with Crippen LogP contribution in [0.1, 0.15) is 10.5 Å². The first-order valence-corrected chi connectivity index (χ1v) is 2.83. The van der Waals surface area contributed by atoms with Gasteiger partial charge in [-0.2, -0.15) is 0 Å². The molecule has 0 rings (SSSR count). The average Bonchev–Trinajstić information content (AvgIpc) is 2.13. The molecule has 4 N–H and O–H groups in total. The summed E-state index contributed by atoms with van der Waals surface area (Å²) in [5.74, 6) is -10.8. The zero-order valence-electron chi connectivity index (χ0n) is 9.09. The molecule has 0 aliphatic heterocycles. The molecule has 0 aromatic rings. The number of aliphatic hydroxyl groups is 1. The van der Waals surface area contributed by atoms with E-state index in [1.807, 2.05) is 0 Å². The van der Waals surface area contributed by atoms with E-state index in [4.69, 9.17) is 24.5 Å². The normalized spacial score (nSPS) is 21.5. The van der Waals surface area contributed by atoms with Gasteiger partial charge in [0.15, 0.2) is 5.89 Å². The molecule has 2 unspecified atom stereocenters. The number of carbonyl (C=O) groups is 3. The Balaban J connectivity index is 5.64. The number of hydrogen-bond donors (Lipinski definition) is 4. The molecular formula is C6H8O7. The van der Waals surface area contributed by atoms with E-state index < -0.39 is 36.3 Å². The largest absolute Gasteiger partial charge is 0.481 e. The third-order valence-electron chi connectivity index (χ3n) is 0.944. The van der Waals surface area contributed by atoms with E-state index in [9.17, 15) is 14.4 Å². The summed E-state index contributed by atoms with van der Waals surface area (Å²) >= 11 is 0. The van der Waals surface area contributed by atoms with Gasteiger partial charge in [0, 0.05) is 1.37 Å². The third kappa shape index (κ3) is 3.52. The summed E-state index contributed by atoms with van der Waals surface area (Å²) in [5.41, 5.74) is 0. The molecule has 0 aromatic heterocycles. The Morgan fingerprint density at radius 1 is 1.23 bits per heavy atom. The smallest absolute Gasteiger partial charge is 0.320 e. The highest BCUT2D eigenvalue weighted by atomic mass is 16.4. The molecule has 2 atom stereocenters. The lowest BCUT2D eigenvalue weighted by molar-refractivity contribution is -0.160. The van der Waals surface area contributed by atoms with Gasteiger partial charge in [0.25, 0.3) is 0 Å². The summed E-state index contributed by atoms with van der Waals surface area (Å²) in [5, 5.41) is 34.4. The van der Waals surface area contributed by atoms with Crippen LogP contribution >= 0.6 is 0 Å². The van der Waals surface area contributed by atoms with Crippen LogP contribution in [-0.2, 0) is 14.4 Å². The van der Waals surface area contributed by atoms with Crippen LogP contribution in [0.5, 0.6) is 0 Å². The predicted molar refractivity (Wildman–Crippen MR) is 37.0 cm³/mol. The highest BCUT2D eigenvalue weighted by Crippen LogP contribution is 2.08. The Morgan fingerprint density at radius 3 is 1.85 bits per heavy atom. The summed E-state index contributed by atoms with van der Waals surface area (Å²) < 4.78 is 20.6. The van der Waals surface area contributed by atoms with Crippen LogP contribution in [0, 0.1) is 5.89 Å². The van der Waals surface area contributed by atoms with Gasteiger partial charge >= 0.3 is 17.9 Å². The quantitative estimate of drug-likeness (QED) is 0.397. The van der Waals surface area contributed by atoms with Crippen LogP contribution in [0.3, 0.4) is 0 Å². The Bertz CT molecular complexity index is 325. The first-order valence-electron chi connectivity index (χ1n) is 4.41. The van der Waals surface area contributed by atoms with Crippen LogP contribution in [0.15, 0.2) is 0 Å². The van der Waals surface area contributed by atoms with Crippen molar-refractivity contribution < 1.29 is 38.9 Å². The average molecular weight is 195 g/mol. The van der Waals surface area contributed by atoms with Crippen molar-refractivity contribution in [3.63, 3.8) is 0 Å². The fourth-order valence-electron chi connectivity index (χ4n) is 0.500. The summed E-state index contributed by atoms with van der Waals surface area (Å²) in [6.45, 7) is 0. The van der Waals surface area contributed by atoms with Gasteiger partial charge in [-0.1, -0.05) is 0 Å². The minimum absolute atomic E-state index is 2.11. The second kappa shape index (κ2) is 4.41. The number of carboxylic acid groups (broad SMARTS) is 3. The molecule has 0 aliphatic carbocycles. The molecule has 0 amide bonds. The number of aliphatic carboxylic acids is 3. The van der Waals surface area contributed by atoms with Crippen molar-refractivity contribution in [3.8, 4) is 0 Å². The maximum Gasteiger partial charge on any atom is 0.320 e. The standard InChI is InChI=1S/C6H8O7/c7-2(1-3(8)9)4(5(10)11)6(12)13/h2,4,7H,1H2,(H,8,9)(H,10,11)(H,12,13)/i1D,2D,4D. The van der Waals surface area contributed by atoms with Gasteiger partial charge in [-0.3, -0.25) is 14.4 Å². The predicted octanol–water partition coefficient (Wildman–Crippen LogP) is -1.39. The van der Waals surface area contributed by atoms with Crippen molar-refractivity contribution in [1.29, 1.82) is 0 Å². The number of hydrogen-bond acceptors (Lipinski definition) is 4.